The molecule has 2 amide bonds. The average molecular weight is 438 g/mol. The summed E-state index contributed by atoms with van der Waals surface area (Å²) in [6.07, 6.45) is 0. The first-order chi connectivity index (χ1) is 15.9. The fourth-order valence-electron chi connectivity index (χ4n) is 3.48. The number of nitrogens with zero attached hydrogens (tertiary/aromatic N) is 1. The fraction of sp³-hybridized carbons (Fsp3) is 0.0769. The molecule has 164 valence electrons. The van der Waals surface area contributed by atoms with Gasteiger partial charge in [-0.3, -0.25) is 19.5 Å². The third-order valence-electron chi connectivity index (χ3n) is 5.20. The quantitative estimate of drug-likeness (QED) is 0.378. The Labute approximate surface area is 190 Å². The molecule has 0 radical (unpaired) electrons. The normalized spacial score (nSPS) is 10.5. The molecule has 4 rings (SSSR count). The van der Waals surface area contributed by atoms with Gasteiger partial charge in [-0.2, -0.15) is 5.10 Å². The number of benzene rings is 3. The zero-order valence-electron chi connectivity index (χ0n) is 18.2. The molecule has 0 atom stereocenters. The largest absolute Gasteiger partial charge is 0.322 e. The van der Waals surface area contributed by atoms with Gasteiger partial charge in [-0.25, -0.2) is 0 Å². The SMILES string of the molecule is Cc1n[nH]c(C)c1NC(=O)c1cccc(NC(=O)c2ccccc2C(=O)c2ccccc2)c1. The number of aromatic nitrogens is 2. The first-order valence-corrected chi connectivity index (χ1v) is 10.4. The maximum Gasteiger partial charge on any atom is 0.256 e. The molecule has 1 aromatic heterocycles. The van der Waals surface area contributed by atoms with Crippen molar-refractivity contribution in [2.24, 2.45) is 0 Å². The Morgan fingerprint density at radius 3 is 2.09 bits per heavy atom. The van der Waals surface area contributed by atoms with Gasteiger partial charge in [-0.15, -0.1) is 0 Å². The third-order valence-corrected chi connectivity index (χ3v) is 5.20. The number of aromatic amines is 1. The molecule has 0 aliphatic heterocycles. The molecular formula is C26H22N4O3. The number of hydrogen-bond acceptors (Lipinski definition) is 4. The molecule has 0 aliphatic carbocycles. The molecule has 0 aliphatic rings. The van der Waals surface area contributed by atoms with Crippen molar-refractivity contribution < 1.29 is 14.4 Å². The highest BCUT2D eigenvalue weighted by Gasteiger charge is 2.19. The first kappa shape index (κ1) is 21.7. The average Bonchev–Trinajstić information content (AvgIpc) is 3.16. The highest BCUT2D eigenvalue weighted by atomic mass is 16.2. The number of ketones is 1. The van der Waals surface area contributed by atoms with Crippen LogP contribution in [-0.2, 0) is 0 Å². The molecular weight excluding hydrogens is 416 g/mol. The molecule has 7 nitrogen and oxygen atoms in total. The number of amides is 2. The van der Waals surface area contributed by atoms with Crippen molar-refractivity contribution in [2.45, 2.75) is 13.8 Å². The number of carbonyl (C=O) groups is 3. The summed E-state index contributed by atoms with van der Waals surface area (Å²) < 4.78 is 0. The smallest absolute Gasteiger partial charge is 0.256 e. The van der Waals surface area contributed by atoms with Crippen molar-refractivity contribution in [3.8, 4) is 0 Å². The second-order valence-corrected chi connectivity index (χ2v) is 7.54. The number of rotatable bonds is 6. The minimum Gasteiger partial charge on any atom is -0.322 e. The molecule has 0 saturated carbocycles. The highest BCUT2D eigenvalue weighted by Crippen LogP contribution is 2.20. The van der Waals surface area contributed by atoms with Gasteiger partial charge in [0.1, 0.15) is 0 Å². The van der Waals surface area contributed by atoms with E-state index in [9.17, 15) is 14.4 Å². The number of H-pyrrole nitrogens is 1. The van der Waals surface area contributed by atoms with Crippen molar-refractivity contribution >= 4 is 29.0 Å². The minimum absolute atomic E-state index is 0.236. The summed E-state index contributed by atoms with van der Waals surface area (Å²) in [5.74, 6) is -0.993. The van der Waals surface area contributed by atoms with E-state index < -0.39 is 5.91 Å². The van der Waals surface area contributed by atoms with E-state index >= 15 is 0 Å². The van der Waals surface area contributed by atoms with Crippen LogP contribution >= 0.6 is 0 Å². The molecule has 0 unspecified atom stereocenters. The van der Waals surface area contributed by atoms with E-state index in [1.165, 1.54) is 0 Å². The molecule has 0 saturated heterocycles. The van der Waals surface area contributed by atoms with Gasteiger partial charge in [0.2, 0.25) is 0 Å². The zero-order valence-corrected chi connectivity index (χ0v) is 18.2. The Bertz CT molecular complexity index is 1320. The summed E-state index contributed by atoms with van der Waals surface area (Å²) in [5.41, 5.74) is 3.95. The van der Waals surface area contributed by atoms with E-state index in [4.69, 9.17) is 0 Å². The number of hydrogen-bond donors (Lipinski definition) is 3. The second kappa shape index (κ2) is 9.32. The summed E-state index contributed by atoms with van der Waals surface area (Å²) in [5, 5.41) is 12.5. The Morgan fingerprint density at radius 1 is 0.727 bits per heavy atom. The van der Waals surface area contributed by atoms with E-state index in [1.54, 1.807) is 79.7 Å². The van der Waals surface area contributed by atoms with Crippen LogP contribution in [0.5, 0.6) is 0 Å². The number of nitrogens with one attached hydrogen (secondary N) is 3. The maximum absolute atomic E-state index is 13.0. The van der Waals surface area contributed by atoms with Gasteiger partial charge in [0.15, 0.2) is 5.78 Å². The van der Waals surface area contributed by atoms with Crippen LogP contribution < -0.4 is 10.6 Å². The lowest BCUT2D eigenvalue weighted by Gasteiger charge is -2.11. The van der Waals surface area contributed by atoms with Crippen LogP contribution in [-0.4, -0.2) is 27.8 Å². The Morgan fingerprint density at radius 2 is 1.39 bits per heavy atom. The molecule has 0 fully saturated rings. The van der Waals surface area contributed by atoms with Crippen LogP contribution in [0.25, 0.3) is 0 Å². The molecule has 0 bridgehead atoms. The Balaban J connectivity index is 1.54. The van der Waals surface area contributed by atoms with Crippen LogP contribution in [0.15, 0.2) is 78.9 Å². The Hall–Kier alpha value is -4.52. The molecule has 3 N–H and O–H groups in total. The number of aryl methyl sites for hydroxylation is 2. The summed E-state index contributed by atoms with van der Waals surface area (Å²) in [6.45, 7) is 3.62. The van der Waals surface area contributed by atoms with Crippen LogP contribution in [0.2, 0.25) is 0 Å². The first-order valence-electron chi connectivity index (χ1n) is 10.4. The van der Waals surface area contributed by atoms with Gasteiger partial charge in [0, 0.05) is 22.4 Å². The molecule has 0 spiro atoms. The summed E-state index contributed by atoms with van der Waals surface area (Å²) >= 11 is 0. The third kappa shape index (κ3) is 4.72. The monoisotopic (exact) mass is 438 g/mol. The highest BCUT2D eigenvalue weighted by molar-refractivity contribution is 6.17. The van der Waals surface area contributed by atoms with E-state index in [2.05, 4.69) is 20.8 Å². The number of carbonyl (C=O) groups excluding carboxylic acids is 3. The lowest BCUT2D eigenvalue weighted by Crippen LogP contribution is -2.18. The van der Waals surface area contributed by atoms with Crippen molar-refractivity contribution in [2.75, 3.05) is 10.6 Å². The predicted octanol–water partition coefficient (Wildman–Crippen LogP) is 4.76. The molecule has 3 aromatic carbocycles. The molecule has 1 heterocycles. The van der Waals surface area contributed by atoms with E-state index in [0.717, 1.165) is 5.69 Å². The van der Waals surface area contributed by atoms with Crippen molar-refractivity contribution in [1.82, 2.24) is 10.2 Å². The predicted molar refractivity (Wildman–Crippen MR) is 127 cm³/mol. The van der Waals surface area contributed by atoms with Crippen LogP contribution in [0.3, 0.4) is 0 Å². The van der Waals surface area contributed by atoms with Crippen LogP contribution in [0.1, 0.15) is 48.0 Å². The van der Waals surface area contributed by atoms with Crippen molar-refractivity contribution in [1.29, 1.82) is 0 Å². The molecule has 4 aromatic rings. The minimum atomic E-state index is -0.436. The van der Waals surface area contributed by atoms with Gasteiger partial charge in [0.25, 0.3) is 11.8 Å². The van der Waals surface area contributed by atoms with Crippen LogP contribution in [0, 0.1) is 13.8 Å². The van der Waals surface area contributed by atoms with E-state index in [0.29, 0.717) is 33.8 Å². The molecule has 33 heavy (non-hydrogen) atoms. The van der Waals surface area contributed by atoms with Gasteiger partial charge in [-0.1, -0.05) is 54.6 Å². The second-order valence-electron chi connectivity index (χ2n) is 7.54. The topological polar surface area (TPSA) is 104 Å². The van der Waals surface area contributed by atoms with Crippen LogP contribution in [0.4, 0.5) is 11.4 Å². The standard InChI is InChI=1S/C26H22N4O3/c1-16-23(17(2)30-29-16)28-25(32)19-11-8-12-20(15-19)27-26(33)22-14-7-6-13-21(22)24(31)18-9-4-3-5-10-18/h3-15H,1-2H3,(H,27,33)(H,28,32)(H,29,30). The van der Waals surface area contributed by atoms with E-state index in [1.807, 2.05) is 13.0 Å². The van der Waals surface area contributed by atoms with Crippen molar-refractivity contribution in [3.05, 3.63) is 113 Å². The number of anilines is 2. The summed E-state index contributed by atoms with van der Waals surface area (Å²) in [6, 6.07) is 22.1. The fourth-order valence-corrected chi connectivity index (χ4v) is 3.48. The lowest BCUT2D eigenvalue weighted by molar-refractivity contribution is 0.0996. The summed E-state index contributed by atoms with van der Waals surface area (Å²) in [4.78, 5) is 38.7. The molecule has 7 heteroatoms. The van der Waals surface area contributed by atoms with Gasteiger partial charge in [-0.05, 0) is 38.1 Å². The summed E-state index contributed by atoms with van der Waals surface area (Å²) in [7, 11) is 0. The maximum atomic E-state index is 13.0. The van der Waals surface area contributed by atoms with Gasteiger partial charge in [0.05, 0.1) is 22.6 Å². The lowest BCUT2D eigenvalue weighted by atomic mass is 9.98. The van der Waals surface area contributed by atoms with Gasteiger partial charge >= 0.3 is 0 Å². The zero-order chi connectivity index (χ0) is 23.4. The van der Waals surface area contributed by atoms with E-state index in [-0.39, 0.29) is 17.3 Å². The van der Waals surface area contributed by atoms with Gasteiger partial charge < -0.3 is 10.6 Å². The Kier molecular flexibility index (Phi) is 6.13. The van der Waals surface area contributed by atoms with Crippen molar-refractivity contribution in [3.63, 3.8) is 0 Å².